The Kier molecular flexibility index (Phi) is 8.33. The topological polar surface area (TPSA) is 61.9 Å². The van der Waals surface area contributed by atoms with Crippen molar-refractivity contribution in [3.63, 3.8) is 0 Å². The zero-order valence-corrected chi connectivity index (χ0v) is 18.6. The maximum absolute atomic E-state index is 12.8. The first kappa shape index (κ1) is 22.7. The summed E-state index contributed by atoms with van der Waals surface area (Å²) in [6, 6.07) is 15.8. The van der Waals surface area contributed by atoms with Crippen LogP contribution >= 0.6 is 0 Å². The van der Waals surface area contributed by atoms with E-state index in [4.69, 9.17) is 4.74 Å². The first-order valence-corrected chi connectivity index (χ1v) is 11.0. The normalized spacial score (nSPS) is 13.5. The molecule has 2 aromatic carbocycles. The van der Waals surface area contributed by atoms with Crippen LogP contribution in [-0.4, -0.2) is 56.5 Å². The third kappa shape index (κ3) is 7.02. The number of rotatable bonds is 9. The third-order valence-corrected chi connectivity index (χ3v) is 5.64. The molecule has 0 radical (unpaired) electrons. The second-order valence-corrected chi connectivity index (χ2v) is 8.08. The minimum atomic E-state index is -0.0880. The molecule has 0 atom stereocenters. The van der Waals surface area contributed by atoms with E-state index in [-0.39, 0.29) is 24.9 Å². The molecule has 1 saturated heterocycles. The molecule has 2 aromatic rings. The summed E-state index contributed by atoms with van der Waals surface area (Å²) < 4.78 is 5.25. The number of amides is 2. The summed E-state index contributed by atoms with van der Waals surface area (Å²) in [6.07, 6.45) is 4.02. The number of hydrogen-bond donors (Lipinski definition) is 1. The molecular formula is C25H33N3O3. The van der Waals surface area contributed by atoms with Crippen LogP contribution in [0.1, 0.15) is 30.4 Å². The van der Waals surface area contributed by atoms with E-state index in [9.17, 15) is 9.59 Å². The number of piperidine rings is 1. The summed E-state index contributed by atoms with van der Waals surface area (Å²) >= 11 is 0. The highest BCUT2D eigenvalue weighted by Crippen LogP contribution is 2.17. The van der Waals surface area contributed by atoms with Crippen LogP contribution < -0.4 is 15.0 Å². The predicted octanol–water partition coefficient (Wildman–Crippen LogP) is 3.18. The number of nitrogens with one attached hydrogen (secondary N) is 1. The van der Waals surface area contributed by atoms with Crippen LogP contribution in [-0.2, 0) is 16.0 Å². The van der Waals surface area contributed by atoms with Gasteiger partial charge in [0.15, 0.2) is 0 Å². The van der Waals surface area contributed by atoms with Gasteiger partial charge in [-0.1, -0.05) is 29.8 Å². The van der Waals surface area contributed by atoms with Crippen molar-refractivity contribution in [2.75, 3.05) is 44.7 Å². The van der Waals surface area contributed by atoms with Crippen LogP contribution in [0.4, 0.5) is 5.69 Å². The number of benzene rings is 2. The van der Waals surface area contributed by atoms with Gasteiger partial charge in [-0.15, -0.1) is 0 Å². The zero-order chi connectivity index (χ0) is 22.1. The van der Waals surface area contributed by atoms with Crippen LogP contribution in [0, 0.1) is 6.92 Å². The molecule has 1 N–H and O–H groups in total. The van der Waals surface area contributed by atoms with Gasteiger partial charge in [0.05, 0.1) is 20.2 Å². The highest BCUT2D eigenvalue weighted by Gasteiger charge is 2.21. The minimum absolute atomic E-state index is 0.0875. The summed E-state index contributed by atoms with van der Waals surface area (Å²) in [5, 5.41) is 2.99. The lowest BCUT2D eigenvalue weighted by molar-refractivity contribution is -0.130. The van der Waals surface area contributed by atoms with E-state index in [0.717, 1.165) is 54.9 Å². The van der Waals surface area contributed by atoms with E-state index in [0.29, 0.717) is 6.54 Å². The van der Waals surface area contributed by atoms with Crippen molar-refractivity contribution in [1.29, 1.82) is 0 Å². The fourth-order valence-corrected chi connectivity index (χ4v) is 3.80. The van der Waals surface area contributed by atoms with Gasteiger partial charge in [-0.25, -0.2) is 0 Å². The van der Waals surface area contributed by atoms with E-state index in [1.54, 1.807) is 7.11 Å². The van der Waals surface area contributed by atoms with E-state index in [1.807, 2.05) is 65.3 Å². The van der Waals surface area contributed by atoms with Gasteiger partial charge in [0, 0.05) is 25.3 Å². The fourth-order valence-electron chi connectivity index (χ4n) is 3.80. The van der Waals surface area contributed by atoms with E-state index >= 15 is 0 Å². The van der Waals surface area contributed by atoms with Crippen molar-refractivity contribution >= 4 is 17.5 Å². The molecule has 1 aliphatic heterocycles. The van der Waals surface area contributed by atoms with Crippen molar-refractivity contribution in [2.45, 2.75) is 32.6 Å². The average molecular weight is 424 g/mol. The first-order valence-electron chi connectivity index (χ1n) is 11.0. The second-order valence-electron chi connectivity index (χ2n) is 8.08. The van der Waals surface area contributed by atoms with Gasteiger partial charge in [-0.3, -0.25) is 9.59 Å². The third-order valence-electron chi connectivity index (χ3n) is 5.64. The van der Waals surface area contributed by atoms with Crippen LogP contribution in [0.2, 0.25) is 0 Å². The molecule has 1 aliphatic rings. The lowest BCUT2D eigenvalue weighted by Crippen LogP contribution is -2.46. The van der Waals surface area contributed by atoms with Gasteiger partial charge in [0.25, 0.3) is 0 Å². The zero-order valence-electron chi connectivity index (χ0n) is 18.6. The molecule has 6 heteroatoms. The Morgan fingerprint density at radius 1 is 1.03 bits per heavy atom. The van der Waals surface area contributed by atoms with Crippen molar-refractivity contribution in [1.82, 2.24) is 10.2 Å². The number of nitrogens with zero attached hydrogens (tertiary/aromatic N) is 2. The Labute approximate surface area is 185 Å². The predicted molar refractivity (Wildman–Crippen MR) is 124 cm³/mol. The summed E-state index contributed by atoms with van der Waals surface area (Å²) in [6.45, 7) is 4.56. The number of likely N-dealkylation sites (tertiary alicyclic amines) is 1. The van der Waals surface area contributed by atoms with E-state index in [2.05, 4.69) is 5.32 Å². The van der Waals surface area contributed by atoms with Gasteiger partial charge < -0.3 is 19.9 Å². The molecule has 31 heavy (non-hydrogen) atoms. The molecule has 0 bridgehead atoms. The lowest BCUT2D eigenvalue weighted by Gasteiger charge is -2.30. The molecule has 0 spiro atoms. The van der Waals surface area contributed by atoms with Gasteiger partial charge in [0.2, 0.25) is 11.8 Å². The van der Waals surface area contributed by atoms with Crippen molar-refractivity contribution in [3.05, 3.63) is 59.7 Å². The Morgan fingerprint density at radius 2 is 1.77 bits per heavy atom. The lowest BCUT2D eigenvalue weighted by atomic mass is 10.1. The molecule has 0 saturated carbocycles. The Morgan fingerprint density at radius 3 is 2.48 bits per heavy atom. The molecule has 6 nitrogen and oxygen atoms in total. The standard InChI is InChI=1S/C25H33N3O3/c1-20-9-11-22(12-10-20)28(19-25(30)27-15-4-3-5-16-27)18-24(29)26-14-13-21-7-6-8-23(17-21)31-2/h6-12,17H,3-5,13-16,18-19H2,1-2H3,(H,26,29). The Balaban J connectivity index is 1.58. The second kappa shape index (κ2) is 11.4. The monoisotopic (exact) mass is 423 g/mol. The van der Waals surface area contributed by atoms with E-state index < -0.39 is 0 Å². The number of ether oxygens (including phenoxy) is 1. The van der Waals surface area contributed by atoms with Gasteiger partial charge >= 0.3 is 0 Å². The minimum Gasteiger partial charge on any atom is -0.497 e. The molecule has 166 valence electrons. The van der Waals surface area contributed by atoms with Crippen molar-refractivity contribution in [3.8, 4) is 5.75 Å². The number of aryl methyl sites for hydroxylation is 1. The Hall–Kier alpha value is -3.02. The first-order chi connectivity index (χ1) is 15.0. The molecule has 0 aliphatic carbocycles. The average Bonchev–Trinajstić information content (AvgIpc) is 2.80. The smallest absolute Gasteiger partial charge is 0.242 e. The quantitative estimate of drug-likeness (QED) is 0.673. The van der Waals surface area contributed by atoms with Crippen LogP contribution in [0.5, 0.6) is 5.75 Å². The Bertz CT molecular complexity index is 861. The SMILES string of the molecule is COc1cccc(CCNC(=O)CN(CC(=O)N2CCCCC2)c2ccc(C)cc2)c1. The van der Waals surface area contributed by atoms with Gasteiger partial charge in [-0.2, -0.15) is 0 Å². The number of anilines is 1. The summed E-state index contributed by atoms with van der Waals surface area (Å²) in [5.41, 5.74) is 3.14. The van der Waals surface area contributed by atoms with Crippen LogP contribution in [0.3, 0.4) is 0 Å². The maximum atomic E-state index is 12.8. The number of carbonyl (C=O) groups excluding carboxylic acids is 2. The molecule has 2 amide bonds. The van der Waals surface area contributed by atoms with Gasteiger partial charge in [-0.05, 0) is 62.4 Å². The molecular weight excluding hydrogens is 390 g/mol. The number of methoxy groups -OCH3 is 1. The molecule has 3 rings (SSSR count). The summed E-state index contributed by atoms with van der Waals surface area (Å²) in [7, 11) is 1.64. The largest absolute Gasteiger partial charge is 0.497 e. The highest BCUT2D eigenvalue weighted by atomic mass is 16.5. The van der Waals surface area contributed by atoms with Crippen molar-refractivity contribution in [2.24, 2.45) is 0 Å². The van der Waals surface area contributed by atoms with Crippen LogP contribution in [0.25, 0.3) is 0 Å². The summed E-state index contributed by atoms with van der Waals surface area (Å²) in [4.78, 5) is 29.3. The summed E-state index contributed by atoms with van der Waals surface area (Å²) in [5.74, 6) is 0.810. The van der Waals surface area contributed by atoms with Crippen LogP contribution in [0.15, 0.2) is 48.5 Å². The van der Waals surface area contributed by atoms with Crippen molar-refractivity contribution < 1.29 is 14.3 Å². The number of hydrogen-bond acceptors (Lipinski definition) is 4. The molecule has 1 heterocycles. The number of carbonyl (C=O) groups is 2. The molecule has 0 aromatic heterocycles. The maximum Gasteiger partial charge on any atom is 0.242 e. The van der Waals surface area contributed by atoms with E-state index in [1.165, 1.54) is 6.42 Å². The fraction of sp³-hybridized carbons (Fsp3) is 0.440. The van der Waals surface area contributed by atoms with Gasteiger partial charge in [0.1, 0.15) is 5.75 Å². The highest BCUT2D eigenvalue weighted by molar-refractivity contribution is 5.86. The molecule has 0 unspecified atom stereocenters. The molecule has 1 fully saturated rings.